The summed E-state index contributed by atoms with van der Waals surface area (Å²) in [6, 6.07) is 26.9. The fourth-order valence-electron chi connectivity index (χ4n) is 2.95. The Hall–Kier alpha value is -3.22. The second kappa shape index (κ2) is 9.73. The third kappa shape index (κ3) is 5.29. The molecule has 1 atom stereocenters. The fourth-order valence-corrected chi connectivity index (χ4v) is 3.85. The number of imidazole rings is 1. The maximum atomic E-state index is 12.2. The van der Waals surface area contributed by atoms with Crippen LogP contribution in [-0.2, 0) is 4.79 Å². The van der Waals surface area contributed by atoms with Gasteiger partial charge < -0.3 is 4.98 Å². The van der Waals surface area contributed by atoms with E-state index < -0.39 is 5.37 Å². The van der Waals surface area contributed by atoms with Crippen LogP contribution >= 0.6 is 23.4 Å². The zero-order valence-corrected chi connectivity index (χ0v) is 18.3. The van der Waals surface area contributed by atoms with E-state index in [1.54, 1.807) is 24.3 Å². The largest absolute Gasteiger partial charge is 0.332 e. The van der Waals surface area contributed by atoms with Crippen LogP contribution in [0.1, 0.15) is 6.92 Å². The Morgan fingerprint density at radius 1 is 0.935 bits per heavy atom. The van der Waals surface area contributed by atoms with Crippen LogP contribution in [-0.4, -0.2) is 21.1 Å². The molecule has 1 N–H and O–H groups in total. The molecule has 31 heavy (non-hydrogen) atoms. The fraction of sp³-hybridized carbons (Fsp3) is 0.0833. The van der Waals surface area contributed by atoms with Gasteiger partial charge >= 0.3 is 0 Å². The number of azo groups is 1. The summed E-state index contributed by atoms with van der Waals surface area (Å²) in [7, 11) is 0. The van der Waals surface area contributed by atoms with Gasteiger partial charge in [-0.25, -0.2) is 4.98 Å². The van der Waals surface area contributed by atoms with Crippen molar-refractivity contribution in [1.29, 1.82) is 0 Å². The highest BCUT2D eigenvalue weighted by Crippen LogP contribution is 2.34. The molecule has 0 radical (unpaired) electrons. The molecule has 0 fully saturated rings. The summed E-state index contributed by atoms with van der Waals surface area (Å²) in [6.45, 7) is 1.50. The molecule has 4 rings (SSSR count). The summed E-state index contributed by atoms with van der Waals surface area (Å²) in [5.74, 6) is -0.110. The molecular weight excluding hydrogens is 428 g/mol. The number of nitrogens with zero attached hydrogens (tertiary/aromatic N) is 3. The molecule has 1 aromatic heterocycles. The van der Waals surface area contributed by atoms with Crippen LogP contribution in [0, 0.1) is 0 Å². The van der Waals surface area contributed by atoms with Crippen molar-refractivity contribution in [3.8, 4) is 22.5 Å². The zero-order valence-electron chi connectivity index (χ0n) is 16.7. The molecule has 0 spiro atoms. The van der Waals surface area contributed by atoms with Gasteiger partial charge in [-0.05, 0) is 31.2 Å². The summed E-state index contributed by atoms with van der Waals surface area (Å²) in [6.07, 6.45) is 0. The number of aromatic nitrogens is 2. The van der Waals surface area contributed by atoms with Crippen molar-refractivity contribution in [3.05, 3.63) is 90.0 Å². The molecule has 0 amide bonds. The van der Waals surface area contributed by atoms with Gasteiger partial charge in [-0.2, -0.15) is 10.2 Å². The number of rotatable bonds is 7. The third-order valence-electron chi connectivity index (χ3n) is 4.47. The van der Waals surface area contributed by atoms with Crippen molar-refractivity contribution in [2.45, 2.75) is 17.5 Å². The molecule has 5 nitrogen and oxygen atoms in total. The van der Waals surface area contributed by atoms with E-state index in [2.05, 4.69) is 15.2 Å². The number of H-pyrrole nitrogens is 1. The minimum Gasteiger partial charge on any atom is -0.332 e. The van der Waals surface area contributed by atoms with Gasteiger partial charge in [-0.15, -0.1) is 0 Å². The minimum absolute atomic E-state index is 0.110. The van der Waals surface area contributed by atoms with E-state index in [-0.39, 0.29) is 5.78 Å². The van der Waals surface area contributed by atoms with Gasteiger partial charge in [0.1, 0.15) is 0 Å². The molecular formula is C24H19ClN4OS. The van der Waals surface area contributed by atoms with Crippen LogP contribution in [0.5, 0.6) is 0 Å². The van der Waals surface area contributed by atoms with Gasteiger partial charge in [-0.1, -0.05) is 84.0 Å². The monoisotopic (exact) mass is 446 g/mol. The lowest BCUT2D eigenvalue weighted by atomic mass is 10.1. The van der Waals surface area contributed by atoms with E-state index in [0.29, 0.717) is 15.9 Å². The summed E-state index contributed by atoms with van der Waals surface area (Å²) in [5, 5.41) is 8.94. The predicted octanol–water partition coefficient (Wildman–Crippen LogP) is 7.19. The molecule has 3 aromatic carbocycles. The maximum absolute atomic E-state index is 12.2. The molecule has 0 bridgehead atoms. The quantitative estimate of drug-likeness (QED) is 0.241. The maximum Gasteiger partial charge on any atom is 0.181 e. The standard InChI is InChI=1S/C24H19ClN4OS/c1-16(30)23(29-28-20-14-12-19(25)13-15-20)31-24-26-21(17-8-4-2-5-9-17)22(27-24)18-10-6-3-7-11-18/h2-15,23H,1H3,(H,26,27)/t23-/m0/s1. The number of halogens is 1. The summed E-state index contributed by atoms with van der Waals surface area (Å²) < 4.78 is 0. The molecule has 7 heteroatoms. The minimum atomic E-state index is -0.714. The van der Waals surface area contributed by atoms with Crippen LogP contribution < -0.4 is 0 Å². The van der Waals surface area contributed by atoms with Crippen LogP contribution in [0.25, 0.3) is 22.5 Å². The first kappa shape index (κ1) is 21.0. The highest BCUT2D eigenvalue weighted by molar-refractivity contribution is 8.00. The lowest BCUT2D eigenvalue weighted by Gasteiger charge is -2.04. The number of nitrogens with one attached hydrogen (secondary N) is 1. The molecule has 0 aliphatic heterocycles. The third-order valence-corrected chi connectivity index (χ3v) is 5.79. The van der Waals surface area contributed by atoms with E-state index in [1.165, 1.54) is 18.7 Å². The van der Waals surface area contributed by atoms with E-state index in [9.17, 15) is 4.79 Å². The second-order valence-electron chi connectivity index (χ2n) is 6.77. The number of aromatic amines is 1. The van der Waals surface area contributed by atoms with Gasteiger partial charge in [-0.3, -0.25) is 4.79 Å². The highest BCUT2D eigenvalue weighted by Gasteiger charge is 2.20. The SMILES string of the molecule is CC(=O)[C@@H](N=Nc1ccc(Cl)cc1)Sc1nc(-c2ccccc2)c(-c2ccccc2)[nH]1. The summed E-state index contributed by atoms with van der Waals surface area (Å²) in [4.78, 5) is 20.4. The van der Waals surface area contributed by atoms with Gasteiger partial charge in [0.05, 0.1) is 17.1 Å². The van der Waals surface area contributed by atoms with Crippen LogP contribution in [0.4, 0.5) is 5.69 Å². The van der Waals surface area contributed by atoms with E-state index in [4.69, 9.17) is 16.6 Å². The predicted molar refractivity (Wildman–Crippen MR) is 126 cm³/mol. The van der Waals surface area contributed by atoms with Crippen molar-refractivity contribution in [1.82, 2.24) is 9.97 Å². The van der Waals surface area contributed by atoms with Crippen LogP contribution in [0.2, 0.25) is 5.02 Å². The van der Waals surface area contributed by atoms with Gasteiger partial charge in [0.2, 0.25) is 0 Å². The number of carbonyl (C=O) groups is 1. The lowest BCUT2D eigenvalue weighted by molar-refractivity contribution is -0.116. The van der Waals surface area contributed by atoms with Gasteiger partial charge in [0.25, 0.3) is 0 Å². The zero-order chi connectivity index (χ0) is 21.6. The Kier molecular flexibility index (Phi) is 6.60. The van der Waals surface area contributed by atoms with E-state index in [1.807, 2.05) is 60.7 Å². The van der Waals surface area contributed by atoms with Crippen LogP contribution in [0.15, 0.2) is 100 Å². The van der Waals surface area contributed by atoms with E-state index >= 15 is 0 Å². The molecule has 4 aromatic rings. The molecule has 1 heterocycles. The van der Waals surface area contributed by atoms with Crippen molar-refractivity contribution in [2.75, 3.05) is 0 Å². The second-order valence-corrected chi connectivity index (χ2v) is 8.28. The molecule has 0 saturated carbocycles. The first-order valence-corrected chi connectivity index (χ1v) is 10.9. The molecule has 0 unspecified atom stereocenters. The number of benzene rings is 3. The Balaban J connectivity index is 1.66. The van der Waals surface area contributed by atoms with E-state index in [0.717, 1.165) is 22.5 Å². The van der Waals surface area contributed by atoms with Crippen molar-refractivity contribution >= 4 is 34.8 Å². The number of thioether (sulfide) groups is 1. The molecule has 0 saturated heterocycles. The number of hydrogen-bond acceptors (Lipinski definition) is 5. The summed E-state index contributed by atoms with van der Waals surface area (Å²) >= 11 is 7.15. The molecule has 0 aliphatic carbocycles. The van der Waals surface area contributed by atoms with Gasteiger partial charge in [0.15, 0.2) is 16.3 Å². The summed E-state index contributed by atoms with van der Waals surface area (Å²) in [5.41, 5.74) is 4.36. The highest BCUT2D eigenvalue weighted by atomic mass is 35.5. The van der Waals surface area contributed by atoms with Crippen molar-refractivity contribution in [2.24, 2.45) is 10.2 Å². The number of hydrogen-bond donors (Lipinski definition) is 1. The number of Topliss-reactive ketones (excluding diaryl/α,β-unsaturated/α-hetero) is 1. The Labute approximate surface area is 189 Å². The average Bonchev–Trinajstić information content (AvgIpc) is 3.23. The molecule has 154 valence electrons. The topological polar surface area (TPSA) is 70.5 Å². The normalized spacial score (nSPS) is 12.2. The van der Waals surface area contributed by atoms with Crippen molar-refractivity contribution < 1.29 is 4.79 Å². The molecule has 0 aliphatic rings. The lowest BCUT2D eigenvalue weighted by Crippen LogP contribution is -2.10. The van der Waals surface area contributed by atoms with Gasteiger partial charge in [0, 0.05) is 16.1 Å². The first-order chi connectivity index (χ1) is 15.1. The Morgan fingerprint density at radius 2 is 1.55 bits per heavy atom. The number of carbonyl (C=O) groups excluding carboxylic acids is 1. The Morgan fingerprint density at radius 3 is 2.16 bits per heavy atom. The average molecular weight is 447 g/mol. The van der Waals surface area contributed by atoms with Crippen molar-refractivity contribution in [3.63, 3.8) is 0 Å². The van der Waals surface area contributed by atoms with Crippen LogP contribution in [0.3, 0.4) is 0 Å². The smallest absolute Gasteiger partial charge is 0.181 e. The number of ketones is 1. The first-order valence-electron chi connectivity index (χ1n) is 9.64. The Bertz CT molecular complexity index is 1130.